The van der Waals surface area contributed by atoms with E-state index < -0.39 is 0 Å². The van der Waals surface area contributed by atoms with E-state index in [9.17, 15) is 9.59 Å². The summed E-state index contributed by atoms with van der Waals surface area (Å²) in [4.78, 5) is 26.8. The SMILES string of the molecule is CCOc1ccccc1OCC(=O)N1CCC(NC(=O)c2ccc(C)c(C)c2)CC1. The summed E-state index contributed by atoms with van der Waals surface area (Å²) in [5.41, 5.74) is 2.96. The molecule has 1 N–H and O–H groups in total. The number of amides is 2. The second kappa shape index (κ2) is 10.1. The topological polar surface area (TPSA) is 67.9 Å². The zero-order valence-corrected chi connectivity index (χ0v) is 17.9. The highest BCUT2D eigenvalue weighted by Crippen LogP contribution is 2.26. The van der Waals surface area contributed by atoms with E-state index in [0.29, 0.717) is 36.8 Å². The fraction of sp³-hybridized carbons (Fsp3) is 0.417. The molecule has 0 unspecified atom stereocenters. The molecule has 2 aromatic carbocycles. The minimum atomic E-state index is -0.0567. The van der Waals surface area contributed by atoms with Crippen molar-refractivity contribution in [3.05, 3.63) is 59.2 Å². The first-order valence-corrected chi connectivity index (χ1v) is 10.5. The van der Waals surface area contributed by atoms with E-state index >= 15 is 0 Å². The number of nitrogens with zero attached hydrogens (tertiary/aromatic N) is 1. The third-order valence-electron chi connectivity index (χ3n) is 5.45. The van der Waals surface area contributed by atoms with E-state index in [1.54, 1.807) is 11.0 Å². The lowest BCUT2D eigenvalue weighted by Crippen LogP contribution is -2.47. The molecule has 3 rings (SSSR count). The van der Waals surface area contributed by atoms with Crippen LogP contribution in [0, 0.1) is 13.8 Å². The summed E-state index contributed by atoms with van der Waals surface area (Å²) in [5.74, 6) is 1.10. The standard InChI is InChI=1S/C24H30N2O4/c1-4-29-21-7-5-6-8-22(21)30-16-23(27)26-13-11-20(12-14-26)25-24(28)19-10-9-17(2)18(3)15-19/h5-10,15,20H,4,11-14,16H2,1-3H3,(H,25,28). The first kappa shape index (κ1) is 21.7. The van der Waals surface area contributed by atoms with Gasteiger partial charge in [-0.15, -0.1) is 0 Å². The molecular formula is C24H30N2O4. The molecule has 0 bridgehead atoms. The van der Waals surface area contributed by atoms with Crippen LogP contribution in [0.3, 0.4) is 0 Å². The zero-order valence-electron chi connectivity index (χ0n) is 17.9. The fourth-order valence-electron chi connectivity index (χ4n) is 3.50. The Labute approximate surface area is 178 Å². The quantitative estimate of drug-likeness (QED) is 0.759. The van der Waals surface area contributed by atoms with E-state index in [-0.39, 0.29) is 24.5 Å². The second-order valence-corrected chi connectivity index (χ2v) is 7.60. The van der Waals surface area contributed by atoms with Crippen molar-refractivity contribution in [2.24, 2.45) is 0 Å². The van der Waals surface area contributed by atoms with Crippen LogP contribution in [-0.4, -0.2) is 49.1 Å². The number of para-hydroxylation sites is 2. The van der Waals surface area contributed by atoms with Crippen LogP contribution >= 0.6 is 0 Å². The van der Waals surface area contributed by atoms with E-state index in [0.717, 1.165) is 18.4 Å². The van der Waals surface area contributed by atoms with E-state index in [2.05, 4.69) is 5.32 Å². The molecule has 0 atom stereocenters. The predicted octanol–water partition coefficient (Wildman–Crippen LogP) is 3.50. The van der Waals surface area contributed by atoms with Crippen molar-refractivity contribution < 1.29 is 19.1 Å². The molecule has 30 heavy (non-hydrogen) atoms. The third kappa shape index (κ3) is 5.53. The Morgan fingerprint density at radius 1 is 1.00 bits per heavy atom. The molecule has 1 aliphatic heterocycles. The van der Waals surface area contributed by atoms with E-state index in [4.69, 9.17) is 9.47 Å². The largest absolute Gasteiger partial charge is 0.490 e. The Kier molecular flexibility index (Phi) is 7.33. The third-order valence-corrected chi connectivity index (χ3v) is 5.45. The summed E-state index contributed by atoms with van der Waals surface area (Å²) in [6, 6.07) is 13.2. The summed E-state index contributed by atoms with van der Waals surface area (Å²) < 4.78 is 11.2. The lowest BCUT2D eigenvalue weighted by Gasteiger charge is -2.32. The molecule has 2 amide bonds. The minimum Gasteiger partial charge on any atom is -0.490 e. The maximum Gasteiger partial charge on any atom is 0.260 e. The summed E-state index contributed by atoms with van der Waals surface area (Å²) in [7, 11) is 0. The van der Waals surface area contributed by atoms with Gasteiger partial charge >= 0.3 is 0 Å². The number of ether oxygens (including phenoxy) is 2. The number of hydrogen-bond donors (Lipinski definition) is 1. The van der Waals surface area contributed by atoms with Gasteiger partial charge in [-0.2, -0.15) is 0 Å². The molecule has 1 fully saturated rings. The van der Waals surface area contributed by atoms with Gasteiger partial charge in [-0.1, -0.05) is 18.2 Å². The molecule has 2 aromatic rings. The average Bonchev–Trinajstić information content (AvgIpc) is 2.75. The van der Waals surface area contributed by atoms with Gasteiger partial charge in [0.05, 0.1) is 6.61 Å². The van der Waals surface area contributed by atoms with Crippen LogP contribution in [0.15, 0.2) is 42.5 Å². The highest BCUT2D eigenvalue weighted by atomic mass is 16.5. The van der Waals surface area contributed by atoms with Crippen molar-refractivity contribution in [3.8, 4) is 11.5 Å². The van der Waals surface area contributed by atoms with Gasteiger partial charge in [0, 0.05) is 24.7 Å². The number of likely N-dealkylation sites (tertiary alicyclic amines) is 1. The van der Waals surface area contributed by atoms with E-state index in [1.165, 1.54) is 5.56 Å². The zero-order chi connectivity index (χ0) is 21.5. The van der Waals surface area contributed by atoms with Crippen LogP contribution in [0.5, 0.6) is 11.5 Å². The van der Waals surface area contributed by atoms with Gasteiger partial charge in [0.1, 0.15) is 0 Å². The number of carbonyl (C=O) groups excluding carboxylic acids is 2. The van der Waals surface area contributed by atoms with Crippen molar-refractivity contribution in [2.75, 3.05) is 26.3 Å². The monoisotopic (exact) mass is 410 g/mol. The summed E-state index contributed by atoms with van der Waals surface area (Å²) in [6.45, 7) is 7.67. The number of aryl methyl sites for hydroxylation is 2. The molecule has 6 heteroatoms. The van der Waals surface area contributed by atoms with Gasteiger partial charge < -0.3 is 19.7 Å². The lowest BCUT2D eigenvalue weighted by atomic mass is 10.0. The van der Waals surface area contributed by atoms with Gasteiger partial charge in [0.25, 0.3) is 11.8 Å². The number of hydrogen-bond acceptors (Lipinski definition) is 4. The van der Waals surface area contributed by atoms with E-state index in [1.807, 2.05) is 57.2 Å². The highest BCUT2D eigenvalue weighted by molar-refractivity contribution is 5.94. The maximum atomic E-state index is 12.5. The first-order chi connectivity index (χ1) is 14.5. The molecule has 0 aliphatic carbocycles. The fourth-order valence-corrected chi connectivity index (χ4v) is 3.50. The Morgan fingerprint density at radius 3 is 2.30 bits per heavy atom. The van der Waals surface area contributed by atoms with Gasteiger partial charge in [0.15, 0.2) is 18.1 Å². The van der Waals surface area contributed by atoms with Gasteiger partial charge in [-0.3, -0.25) is 9.59 Å². The molecule has 6 nitrogen and oxygen atoms in total. The van der Waals surface area contributed by atoms with Crippen molar-refractivity contribution in [1.29, 1.82) is 0 Å². The number of benzene rings is 2. The molecule has 0 radical (unpaired) electrons. The smallest absolute Gasteiger partial charge is 0.260 e. The predicted molar refractivity (Wildman–Crippen MR) is 116 cm³/mol. The number of rotatable bonds is 7. The van der Waals surface area contributed by atoms with Crippen molar-refractivity contribution >= 4 is 11.8 Å². The molecule has 160 valence electrons. The maximum absolute atomic E-state index is 12.5. The normalized spacial score (nSPS) is 14.3. The van der Waals surface area contributed by atoms with Gasteiger partial charge in [-0.25, -0.2) is 0 Å². The molecule has 0 saturated carbocycles. The van der Waals surface area contributed by atoms with Crippen LogP contribution in [0.1, 0.15) is 41.3 Å². The molecule has 1 heterocycles. The Bertz CT molecular complexity index is 889. The summed E-state index contributed by atoms with van der Waals surface area (Å²) >= 11 is 0. The van der Waals surface area contributed by atoms with Crippen LogP contribution in [0.25, 0.3) is 0 Å². The molecule has 0 aromatic heterocycles. The molecule has 1 saturated heterocycles. The van der Waals surface area contributed by atoms with Crippen molar-refractivity contribution in [3.63, 3.8) is 0 Å². The molecule has 1 aliphatic rings. The molecular weight excluding hydrogens is 380 g/mol. The van der Waals surface area contributed by atoms with Crippen LogP contribution < -0.4 is 14.8 Å². The summed E-state index contributed by atoms with van der Waals surface area (Å²) in [5, 5.41) is 3.10. The van der Waals surface area contributed by atoms with Crippen LogP contribution in [0.4, 0.5) is 0 Å². The first-order valence-electron chi connectivity index (χ1n) is 10.5. The molecule has 0 spiro atoms. The Morgan fingerprint density at radius 2 is 1.67 bits per heavy atom. The van der Waals surface area contributed by atoms with Gasteiger partial charge in [-0.05, 0) is 69.0 Å². The summed E-state index contributed by atoms with van der Waals surface area (Å²) in [6.07, 6.45) is 1.47. The minimum absolute atomic E-state index is 0.0241. The van der Waals surface area contributed by atoms with Crippen molar-refractivity contribution in [2.45, 2.75) is 39.7 Å². The number of piperidine rings is 1. The van der Waals surface area contributed by atoms with Crippen LogP contribution in [-0.2, 0) is 4.79 Å². The lowest BCUT2D eigenvalue weighted by molar-refractivity contribution is -0.134. The number of nitrogens with one attached hydrogen (secondary N) is 1. The van der Waals surface area contributed by atoms with Crippen LogP contribution in [0.2, 0.25) is 0 Å². The second-order valence-electron chi connectivity index (χ2n) is 7.60. The van der Waals surface area contributed by atoms with Crippen molar-refractivity contribution in [1.82, 2.24) is 10.2 Å². The average molecular weight is 411 g/mol. The number of carbonyl (C=O) groups is 2. The van der Waals surface area contributed by atoms with Gasteiger partial charge in [0.2, 0.25) is 0 Å². The Balaban J connectivity index is 1.46. The Hall–Kier alpha value is -3.02. The highest BCUT2D eigenvalue weighted by Gasteiger charge is 2.24.